The molecule has 13 heteroatoms. The molecule has 0 aliphatic rings. The highest BCUT2D eigenvalue weighted by molar-refractivity contribution is 6.03. The lowest BCUT2D eigenvalue weighted by molar-refractivity contribution is -0.384. The number of ether oxygens (including phenoxy) is 1. The monoisotopic (exact) mass is 478 g/mol. The quantitative estimate of drug-likeness (QED) is 0.324. The predicted octanol–water partition coefficient (Wildman–Crippen LogP) is 3.70. The van der Waals surface area contributed by atoms with Gasteiger partial charge in [0.2, 0.25) is 0 Å². The molecular formula is C21H17F3N4O6. The highest BCUT2D eigenvalue weighted by Crippen LogP contribution is 2.34. The third-order valence-electron chi connectivity index (χ3n) is 4.64. The van der Waals surface area contributed by atoms with E-state index in [1.165, 1.54) is 12.1 Å². The largest absolute Gasteiger partial charge is 0.451 e. The fourth-order valence-electron chi connectivity index (χ4n) is 3.06. The normalized spacial score (nSPS) is 11.5. The van der Waals surface area contributed by atoms with Gasteiger partial charge >= 0.3 is 12.1 Å². The van der Waals surface area contributed by atoms with Crippen molar-refractivity contribution in [2.24, 2.45) is 0 Å². The molecule has 3 rings (SSSR count). The van der Waals surface area contributed by atoms with Crippen LogP contribution in [-0.4, -0.2) is 33.2 Å². The Morgan fingerprint density at radius 2 is 1.82 bits per heavy atom. The number of carbonyl (C=O) groups is 2. The van der Waals surface area contributed by atoms with Gasteiger partial charge in [0.25, 0.3) is 17.2 Å². The van der Waals surface area contributed by atoms with E-state index in [0.29, 0.717) is 6.07 Å². The van der Waals surface area contributed by atoms with E-state index in [1.807, 2.05) is 0 Å². The zero-order chi connectivity index (χ0) is 25.2. The Bertz CT molecular complexity index is 1350. The molecule has 0 saturated carbocycles. The second kappa shape index (κ2) is 9.29. The van der Waals surface area contributed by atoms with Gasteiger partial charge in [-0.1, -0.05) is 18.2 Å². The highest BCUT2D eigenvalue weighted by atomic mass is 19.4. The van der Waals surface area contributed by atoms with Gasteiger partial charge in [-0.3, -0.25) is 19.7 Å². The van der Waals surface area contributed by atoms with Crippen molar-refractivity contribution >= 4 is 34.0 Å². The Morgan fingerprint density at radius 3 is 2.41 bits per heavy atom. The molecule has 10 nitrogen and oxygen atoms in total. The zero-order valence-electron chi connectivity index (χ0n) is 17.8. The maximum atomic E-state index is 12.8. The summed E-state index contributed by atoms with van der Waals surface area (Å²) in [6.45, 7) is 2.46. The summed E-state index contributed by atoms with van der Waals surface area (Å²) in [4.78, 5) is 47.4. The fraction of sp³-hybridized carbons (Fsp3) is 0.238. The average molecular weight is 478 g/mol. The smallest absolute Gasteiger partial charge is 0.416 e. The number of esters is 1. The first kappa shape index (κ1) is 24.4. The standard InChI is InChI=1S/C21H17F3N4O6/c1-11(2)27-19(30)14-6-4-3-5-13(14)18(26-27)20(31)34-10-17(29)25-15-8-7-12(21(22,23)24)9-16(15)28(32)33/h3-9,11H,10H2,1-2H3,(H,25,29). The van der Waals surface area contributed by atoms with E-state index in [2.05, 4.69) is 10.4 Å². The number of nitro benzene ring substituents is 1. The number of carbonyl (C=O) groups excluding carboxylic acids is 2. The third-order valence-corrected chi connectivity index (χ3v) is 4.64. The van der Waals surface area contributed by atoms with Crippen molar-refractivity contribution in [3.63, 3.8) is 0 Å². The van der Waals surface area contributed by atoms with E-state index in [9.17, 15) is 37.7 Å². The number of benzene rings is 2. The topological polar surface area (TPSA) is 133 Å². The van der Waals surface area contributed by atoms with Crippen molar-refractivity contribution in [1.29, 1.82) is 0 Å². The van der Waals surface area contributed by atoms with E-state index >= 15 is 0 Å². The molecule has 1 heterocycles. The molecule has 34 heavy (non-hydrogen) atoms. The minimum Gasteiger partial charge on any atom is -0.451 e. The summed E-state index contributed by atoms with van der Waals surface area (Å²) in [5.41, 5.74) is -3.39. The van der Waals surface area contributed by atoms with Crippen LogP contribution in [-0.2, 0) is 15.7 Å². The predicted molar refractivity (Wildman–Crippen MR) is 113 cm³/mol. The van der Waals surface area contributed by atoms with Crippen LogP contribution in [0.3, 0.4) is 0 Å². The number of alkyl halides is 3. The Balaban J connectivity index is 1.81. The Labute approximate surface area is 189 Å². The number of hydrogen-bond acceptors (Lipinski definition) is 7. The van der Waals surface area contributed by atoms with E-state index in [0.717, 1.165) is 10.7 Å². The Kier molecular flexibility index (Phi) is 6.66. The maximum Gasteiger partial charge on any atom is 0.416 e. The molecule has 0 aliphatic carbocycles. The lowest BCUT2D eigenvalue weighted by Gasteiger charge is -2.13. The summed E-state index contributed by atoms with van der Waals surface area (Å²) in [6, 6.07) is 7.38. The van der Waals surface area contributed by atoms with Gasteiger partial charge in [-0.15, -0.1) is 0 Å². The second-order valence-corrected chi connectivity index (χ2v) is 7.35. The number of hydrogen-bond donors (Lipinski definition) is 1. The number of aromatic nitrogens is 2. The highest BCUT2D eigenvalue weighted by Gasteiger charge is 2.33. The molecule has 0 fully saturated rings. The van der Waals surface area contributed by atoms with Crippen LogP contribution in [0.1, 0.15) is 35.9 Å². The van der Waals surface area contributed by atoms with Gasteiger partial charge in [0.1, 0.15) is 5.69 Å². The van der Waals surface area contributed by atoms with Crippen LogP contribution in [0.2, 0.25) is 0 Å². The van der Waals surface area contributed by atoms with Gasteiger partial charge < -0.3 is 10.1 Å². The van der Waals surface area contributed by atoms with Gasteiger partial charge in [-0.2, -0.15) is 18.3 Å². The van der Waals surface area contributed by atoms with Gasteiger partial charge in [0, 0.05) is 11.5 Å². The number of rotatable bonds is 6. The molecule has 178 valence electrons. The first-order chi connectivity index (χ1) is 15.9. The molecule has 3 aromatic rings. The molecule has 1 amide bonds. The number of nitrogens with zero attached hydrogens (tertiary/aromatic N) is 3. The SMILES string of the molecule is CC(C)n1nc(C(=O)OCC(=O)Nc2ccc(C(F)(F)F)cc2[N+](=O)[O-])c2ccccc2c1=O. The summed E-state index contributed by atoms with van der Waals surface area (Å²) in [5, 5.41) is 17.6. The minimum atomic E-state index is -4.81. The number of fused-ring (bicyclic) bond motifs is 1. The first-order valence-corrected chi connectivity index (χ1v) is 9.74. The van der Waals surface area contributed by atoms with E-state index in [1.54, 1.807) is 26.0 Å². The molecule has 0 saturated heterocycles. The fourth-order valence-corrected chi connectivity index (χ4v) is 3.06. The van der Waals surface area contributed by atoms with Crippen LogP contribution < -0.4 is 10.9 Å². The first-order valence-electron chi connectivity index (χ1n) is 9.74. The van der Waals surface area contributed by atoms with Crippen molar-refractivity contribution in [3.05, 3.63) is 74.2 Å². The number of halogens is 3. The van der Waals surface area contributed by atoms with Crippen molar-refractivity contribution in [2.75, 3.05) is 11.9 Å². The molecule has 1 N–H and O–H groups in total. The molecule has 0 unspecified atom stereocenters. The van der Waals surface area contributed by atoms with Crippen LogP contribution in [0.15, 0.2) is 47.3 Å². The van der Waals surface area contributed by atoms with E-state index in [-0.39, 0.29) is 28.6 Å². The Morgan fingerprint density at radius 1 is 1.18 bits per heavy atom. The number of nitro groups is 1. The molecule has 2 aromatic carbocycles. The molecular weight excluding hydrogens is 461 g/mol. The molecule has 0 aliphatic heterocycles. The molecule has 0 bridgehead atoms. The van der Waals surface area contributed by atoms with Crippen molar-refractivity contribution in [3.8, 4) is 0 Å². The van der Waals surface area contributed by atoms with Crippen LogP contribution in [0.5, 0.6) is 0 Å². The summed E-state index contributed by atoms with van der Waals surface area (Å²) in [7, 11) is 0. The van der Waals surface area contributed by atoms with E-state index < -0.39 is 52.1 Å². The van der Waals surface area contributed by atoms with Crippen LogP contribution in [0.25, 0.3) is 10.8 Å². The maximum absolute atomic E-state index is 12.8. The third kappa shape index (κ3) is 5.03. The van der Waals surface area contributed by atoms with Crippen LogP contribution in [0, 0.1) is 10.1 Å². The summed E-state index contributed by atoms with van der Waals surface area (Å²) in [6.07, 6.45) is -4.81. The number of nitrogens with one attached hydrogen (secondary N) is 1. The summed E-state index contributed by atoms with van der Waals surface area (Å²) in [5.74, 6) is -2.07. The molecule has 0 spiro atoms. The van der Waals surface area contributed by atoms with Gasteiger partial charge in [0.05, 0.1) is 21.9 Å². The number of anilines is 1. The zero-order valence-corrected chi connectivity index (χ0v) is 17.8. The molecule has 0 radical (unpaired) electrons. The lowest BCUT2D eigenvalue weighted by atomic mass is 10.1. The van der Waals surface area contributed by atoms with E-state index in [4.69, 9.17) is 4.74 Å². The van der Waals surface area contributed by atoms with Gasteiger partial charge in [0.15, 0.2) is 12.3 Å². The molecule has 0 atom stereocenters. The van der Waals surface area contributed by atoms with Crippen molar-refractivity contribution in [1.82, 2.24) is 9.78 Å². The number of amides is 1. The van der Waals surface area contributed by atoms with Crippen molar-refractivity contribution in [2.45, 2.75) is 26.1 Å². The lowest BCUT2D eigenvalue weighted by Crippen LogP contribution is -2.29. The van der Waals surface area contributed by atoms with Gasteiger partial charge in [-0.25, -0.2) is 9.48 Å². The minimum absolute atomic E-state index is 0.202. The van der Waals surface area contributed by atoms with Crippen LogP contribution in [0.4, 0.5) is 24.5 Å². The average Bonchev–Trinajstić information content (AvgIpc) is 2.77. The van der Waals surface area contributed by atoms with Crippen LogP contribution >= 0.6 is 0 Å². The Hall–Kier alpha value is -4.29. The second-order valence-electron chi connectivity index (χ2n) is 7.35. The van der Waals surface area contributed by atoms with Crippen molar-refractivity contribution < 1.29 is 32.4 Å². The van der Waals surface area contributed by atoms with Gasteiger partial charge in [-0.05, 0) is 32.0 Å². The summed E-state index contributed by atoms with van der Waals surface area (Å²) >= 11 is 0. The molecule has 1 aromatic heterocycles. The summed E-state index contributed by atoms with van der Waals surface area (Å²) < 4.78 is 44.5.